The van der Waals surface area contributed by atoms with Crippen LogP contribution in [0.2, 0.25) is 0 Å². The van der Waals surface area contributed by atoms with E-state index in [-0.39, 0.29) is 11.3 Å². The van der Waals surface area contributed by atoms with Gasteiger partial charge in [-0.15, -0.1) is 0 Å². The number of aryl methyl sites for hydroxylation is 1. The van der Waals surface area contributed by atoms with E-state index in [9.17, 15) is 4.79 Å². The molecule has 2 N–H and O–H groups in total. The Kier molecular flexibility index (Phi) is 2.36. The predicted octanol–water partition coefficient (Wildman–Crippen LogP) is 1.49. The number of phenols is 1. The maximum absolute atomic E-state index is 11.0. The molecule has 0 bridgehead atoms. The number of carboxylic acid groups (broad SMARTS) is 1. The van der Waals surface area contributed by atoms with Crippen molar-refractivity contribution in [1.82, 2.24) is 9.78 Å². The molecule has 1 aromatic heterocycles. The Hall–Kier alpha value is -2.30. The maximum atomic E-state index is 11.0. The lowest BCUT2D eigenvalue weighted by molar-refractivity contribution is 0.0697. The topological polar surface area (TPSA) is 75.4 Å². The number of carbonyl (C=O) groups is 1. The first-order valence-corrected chi connectivity index (χ1v) is 4.64. The highest BCUT2D eigenvalue weighted by molar-refractivity contribution is 5.94. The minimum atomic E-state index is -1.02. The Balaban J connectivity index is 2.58. The lowest BCUT2D eigenvalue weighted by Gasteiger charge is -2.04. The predicted molar refractivity (Wildman–Crippen MR) is 57.3 cm³/mol. The van der Waals surface area contributed by atoms with Crippen LogP contribution in [0, 0.1) is 0 Å². The summed E-state index contributed by atoms with van der Waals surface area (Å²) in [4.78, 5) is 11.0. The molecular weight excluding hydrogens is 208 g/mol. The first kappa shape index (κ1) is 10.2. The van der Waals surface area contributed by atoms with E-state index in [1.165, 1.54) is 23.0 Å². The normalized spacial score (nSPS) is 10.3. The molecule has 5 heteroatoms. The van der Waals surface area contributed by atoms with Crippen LogP contribution in [0.5, 0.6) is 5.75 Å². The van der Waals surface area contributed by atoms with Crippen molar-refractivity contribution >= 4 is 5.97 Å². The zero-order chi connectivity index (χ0) is 11.7. The lowest BCUT2D eigenvalue weighted by atomic mass is 10.1. The number of nitrogens with zero attached hydrogens (tertiary/aromatic N) is 2. The molecule has 82 valence electrons. The third kappa shape index (κ3) is 1.63. The number of hydrogen-bond donors (Lipinski definition) is 2. The number of aromatic nitrogens is 2. The standard InChI is InChI=1S/C11H10N2O3/c1-13-10(9(6-12-13)11(15)16)7-2-4-8(14)5-3-7/h2-6,14H,1H3,(H,15,16). The number of aromatic hydroxyl groups is 1. The summed E-state index contributed by atoms with van der Waals surface area (Å²) in [6.45, 7) is 0. The highest BCUT2D eigenvalue weighted by Crippen LogP contribution is 2.24. The van der Waals surface area contributed by atoms with Crippen molar-refractivity contribution in [3.8, 4) is 17.0 Å². The van der Waals surface area contributed by atoms with Crippen molar-refractivity contribution in [2.24, 2.45) is 7.05 Å². The molecule has 16 heavy (non-hydrogen) atoms. The molecule has 2 rings (SSSR count). The summed E-state index contributed by atoms with van der Waals surface area (Å²) in [5.41, 5.74) is 1.37. The van der Waals surface area contributed by atoms with Crippen LogP contribution >= 0.6 is 0 Å². The molecule has 0 aliphatic carbocycles. The fourth-order valence-corrected chi connectivity index (χ4v) is 1.56. The van der Waals surface area contributed by atoms with E-state index in [1.807, 2.05) is 0 Å². The number of benzene rings is 1. The summed E-state index contributed by atoms with van der Waals surface area (Å²) in [7, 11) is 1.68. The Morgan fingerprint density at radius 3 is 2.50 bits per heavy atom. The van der Waals surface area contributed by atoms with E-state index >= 15 is 0 Å². The van der Waals surface area contributed by atoms with Crippen LogP contribution in [0.1, 0.15) is 10.4 Å². The Bertz CT molecular complexity index is 529. The first-order chi connectivity index (χ1) is 7.59. The van der Waals surface area contributed by atoms with Gasteiger partial charge < -0.3 is 10.2 Å². The molecule has 0 aliphatic rings. The smallest absolute Gasteiger partial charge is 0.339 e. The average molecular weight is 218 g/mol. The molecule has 0 radical (unpaired) electrons. The van der Waals surface area contributed by atoms with Crippen molar-refractivity contribution in [1.29, 1.82) is 0 Å². The van der Waals surface area contributed by atoms with Crippen molar-refractivity contribution in [3.05, 3.63) is 36.0 Å². The number of hydrogen-bond acceptors (Lipinski definition) is 3. The van der Waals surface area contributed by atoms with Gasteiger partial charge in [0.25, 0.3) is 0 Å². The number of rotatable bonds is 2. The van der Waals surface area contributed by atoms with Crippen LogP contribution in [0.3, 0.4) is 0 Å². The highest BCUT2D eigenvalue weighted by Gasteiger charge is 2.16. The zero-order valence-corrected chi connectivity index (χ0v) is 8.58. The fraction of sp³-hybridized carbons (Fsp3) is 0.0909. The molecule has 2 aromatic rings. The van der Waals surface area contributed by atoms with E-state index in [2.05, 4.69) is 5.10 Å². The summed E-state index contributed by atoms with van der Waals surface area (Å²) < 4.78 is 1.50. The average Bonchev–Trinajstić information content (AvgIpc) is 2.62. The van der Waals surface area contributed by atoms with Gasteiger partial charge in [0.15, 0.2) is 0 Å². The van der Waals surface area contributed by atoms with Gasteiger partial charge in [-0.3, -0.25) is 4.68 Å². The zero-order valence-electron chi connectivity index (χ0n) is 8.58. The Morgan fingerprint density at radius 1 is 1.31 bits per heavy atom. The Labute approximate surface area is 91.6 Å². The van der Waals surface area contributed by atoms with Crippen LogP contribution in [0.4, 0.5) is 0 Å². The Morgan fingerprint density at radius 2 is 1.94 bits per heavy atom. The van der Waals surface area contributed by atoms with Gasteiger partial charge in [0.2, 0.25) is 0 Å². The summed E-state index contributed by atoms with van der Waals surface area (Å²) in [6, 6.07) is 6.32. The fourth-order valence-electron chi connectivity index (χ4n) is 1.56. The lowest BCUT2D eigenvalue weighted by Crippen LogP contribution is -2.00. The largest absolute Gasteiger partial charge is 0.508 e. The van der Waals surface area contributed by atoms with Gasteiger partial charge in [-0.2, -0.15) is 5.10 Å². The number of carboxylic acids is 1. The molecule has 0 atom stereocenters. The quantitative estimate of drug-likeness (QED) is 0.800. The summed E-state index contributed by atoms with van der Waals surface area (Å²) >= 11 is 0. The van der Waals surface area contributed by atoms with Gasteiger partial charge in [0.05, 0.1) is 11.9 Å². The van der Waals surface area contributed by atoms with E-state index in [4.69, 9.17) is 10.2 Å². The molecule has 1 heterocycles. The second kappa shape index (κ2) is 3.69. The molecule has 5 nitrogen and oxygen atoms in total. The molecule has 1 aromatic carbocycles. The van der Waals surface area contributed by atoms with E-state index in [1.54, 1.807) is 19.2 Å². The van der Waals surface area contributed by atoms with E-state index in [0.29, 0.717) is 11.3 Å². The van der Waals surface area contributed by atoms with Gasteiger partial charge in [0, 0.05) is 12.6 Å². The van der Waals surface area contributed by atoms with E-state index in [0.717, 1.165) is 0 Å². The van der Waals surface area contributed by atoms with Crippen molar-refractivity contribution in [2.75, 3.05) is 0 Å². The van der Waals surface area contributed by atoms with Crippen LogP contribution in [0.25, 0.3) is 11.3 Å². The van der Waals surface area contributed by atoms with Gasteiger partial charge in [0.1, 0.15) is 11.3 Å². The van der Waals surface area contributed by atoms with Gasteiger partial charge in [-0.1, -0.05) is 0 Å². The minimum absolute atomic E-state index is 0.141. The number of aromatic carboxylic acids is 1. The summed E-state index contributed by atoms with van der Waals surface area (Å²) in [6.07, 6.45) is 1.31. The molecule has 0 spiro atoms. The van der Waals surface area contributed by atoms with Crippen LogP contribution in [-0.4, -0.2) is 26.0 Å². The molecule has 0 aliphatic heterocycles. The van der Waals surface area contributed by atoms with Gasteiger partial charge in [-0.25, -0.2) is 4.79 Å². The SMILES string of the molecule is Cn1ncc(C(=O)O)c1-c1ccc(O)cc1. The van der Waals surface area contributed by atoms with Crippen molar-refractivity contribution in [2.45, 2.75) is 0 Å². The second-order valence-electron chi connectivity index (χ2n) is 3.38. The van der Waals surface area contributed by atoms with Crippen LogP contribution < -0.4 is 0 Å². The summed E-state index contributed by atoms with van der Waals surface area (Å²) in [5, 5.41) is 22.1. The molecule has 0 fully saturated rings. The second-order valence-corrected chi connectivity index (χ2v) is 3.38. The van der Waals surface area contributed by atoms with Crippen molar-refractivity contribution in [3.63, 3.8) is 0 Å². The van der Waals surface area contributed by atoms with Crippen LogP contribution in [-0.2, 0) is 7.05 Å². The molecular formula is C11H10N2O3. The van der Waals surface area contributed by atoms with Crippen LogP contribution in [0.15, 0.2) is 30.5 Å². The monoisotopic (exact) mass is 218 g/mol. The molecule has 0 saturated carbocycles. The van der Waals surface area contributed by atoms with Crippen molar-refractivity contribution < 1.29 is 15.0 Å². The third-order valence-corrected chi connectivity index (χ3v) is 2.31. The van der Waals surface area contributed by atoms with Gasteiger partial charge in [-0.05, 0) is 24.3 Å². The third-order valence-electron chi connectivity index (χ3n) is 2.31. The molecule has 0 amide bonds. The molecule has 0 saturated heterocycles. The number of phenolic OH excluding ortho intramolecular Hbond substituents is 1. The van der Waals surface area contributed by atoms with E-state index < -0.39 is 5.97 Å². The minimum Gasteiger partial charge on any atom is -0.508 e. The maximum Gasteiger partial charge on any atom is 0.339 e. The highest BCUT2D eigenvalue weighted by atomic mass is 16.4. The first-order valence-electron chi connectivity index (χ1n) is 4.64. The summed E-state index contributed by atoms with van der Waals surface area (Å²) in [5.74, 6) is -0.876. The van der Waals surface area contributed by atoms with Gasteiger partial charge >= 0.3 is 5.97 Å². The molecule has 0 unspecified atom stereocenters.